The van der Waals surface area contributed by atoms with Crippen LogP contribution in [0, 0.1) is 0 Å². The van der Waals surface area contributed by atoms with Crippen molar-refractivity contribution in [3.8, 4) is 0 Å². The molecule has 0 radical (unpaired) electrons. The summed E-state index contributed by atoms with van der Waals surface area (Å²) in [5.74, 6) is 0. The molecular weight excluding hydrogens is 220 g/mol. The zero-order chi connectivity index (χ0) is 12.4. The molecule has 2 fully saturated rings. The lowest BCUT2D eigenvalue weighted by Gasteiger charge is -2.46. The SMILES string of the molecule is CCc1ccc(N2CCNC3CCCCC32)cc1. The Bertz CT molecular complexity index is 383. The fourth-order valence-electron chi connectivity index (χ4n) is 3.50. The Kier molecular flexibility index (Phi) is 3.55. The van der Waals surface area contributed by atoms with Crippen molar-refractivity contribution in [2.24, 2.45) is 0 Å². The van der Waals surface area contributed by atoms with E-state index in [0.29, 0.717) is 0 Å². The van der Waals surface area contributed by atoms with Crippen molar-refractivity contribution in [1.29, 1.82) is 0 Å². The molecule has 98 valence electrons. The van der Waals surface area contributed by atoms with Gasteiger partial charge in [0.1, 0.15) is 0 Å². The van der Waals surface area contributed by atoms with Crippen LogP contribution in [0.4, 0.5) is 5.69 Å². The van der Waals surface area contributed by atoms with Crippen molar-refractivity contribution in [3.05, 3.63) is 29.8 Å². The maximum Gasteiger partial charge on any atom is 0.0443 e. The lowest BCUT2D eigenvalue weighted by molar-refractivity contribution is 0.284. The van der Waals surface area contributed by atoms with E-state index in [0.717, 1.165) is 31.6 Å². The Labute approximate surface area is 110 Å². The summed E-state index contributed by atoms with van der Waals surface area (Å²) >= 11 is 0. The first-order chi connectivity index (χ1) is 8.88. The number of hydrogen-bond acceptors (Lipinski definition) is 2. The third-order valence-corrected chi connectivity index (χ3v) is 4.57. The zero-order valence-electron chi connectivity index (χ0n) is 11.4. The Hall–Kier alpha value is -1.02. The predicted molar refractivity (Wildman–Crippen MR) is 77.2 cm³/mol. The monoisotopic (exact) mass is 244 g/mol. The molecule has 1 heterocycles. The van der Waals surface area contributed by atoms with Gasteiger partial charge in [0.15, 0.2) is 0 Å². The van der Waals surface area contributed by atoms with Crippen LogP contribution < -0.4 is 10.2 Å². The number of rotatable bonds is 2. The molecule has 1 aliphatic heterocycles. The highest BCUT2D eigenvalue weighted by molar-refractivity contribution is 5.49. The van der Waals surface area contributed by atoms with Gasteiger partial charge in [-0.3, -0.25) is 0 Å². The van der Waals surface area contributed by atoms with Crippen LogP contribution in [0.3, 0.4) is 0 Å². The highest BCUT2D eigenvalue weighted by Gasteiger charge is 2.32. The Morgan fingerprint density at radius 1 is 1.17 bits per heavy atom. The summed E-state index contributed by atoms with van der Waals surface area (Å²) in [6.07, 6.45) is 6.64. The summed E-state index contributed by atoms with van der Waals surface area (Å²) in [7, 11) is 0. The van der Waals surface area contributed by atoms with E-state index < -0.39 is 0 Å². The van der Waals surface area contributed by atoms with Crippen LogP contribution in [0.1, 0.15) is 38.2 Å². The number of anilines is 1. The zero-order valence-corrected chi connectivity index (χ0v) is 11.4. The summed E-state index contributed by atoms with van der Waals surface area (Å²) < 4.78 is 0. The molecule has 0 aromatic heterocycles. The molecule has 0 spiro atoms. The molecule has 1 aromatic carbocycles. The van der Waals surface area contributed by atoms with Crippen LogP contribution in [0.2, 0.25) is 0 Å². The minimum atomic E-state index is 0.721. The molecule has 1 aliphatic carbocycles. The number of nitrogens with one attached hydrogen (secondary N) is 1. The molecule has 18 heavy (non-hydrogen) atoms. The van der Waals surface area contributed by atoms with E-state index in [9.17, 15) is 0 Å². The van der Waals surface area contributed by atoms with E-state index in [1.165, 1.54) is 36.9 Å². The van der Waals surface area contributed by atoms with Gasteiger partial charge in [0.2, 0.25) is 0 Å². The second-order valence-corrected chi connectivity index (χ2v) is 5.63. The number of benzene rings is 1. The van der Waals surface area contributed by atoms with Crippen LogP contribution in [0.25, 0.3) is 0 Å². The molecule has 2 atom stereocenters. The number of piperazine rings is 1. The minimum Gasteiger partial charge on any atom is -0.366 e. The third-order valence-electron chi connectivity index (χ3n) is 4.57. The van der Waals surface area contributed by atoms with Crippen molar-refractivity contribution in [2.75, 3.05) is 18.0 Å². The van der Waals surface area contributed by atoms with Gasteiger partial charge in [-0.05, 0) is 37.0 Å². The molecular formula is C16H24N2. The third kappa shape index (κ3) is 2.26. The van der Waals surface area contributed by atoms with Crippen molar-refractivity contribution < 1.29 is 0 Å². The summed E-state index contributed by atoms with van der Waals surface area (Å²) in [5.41, 5.74) is 2.86. The maximum absolute atomic E-state index is 3.70. The number of fused-ring (bicyclic) bond motifs is 1. The Balaban J connectivity index is 1.80. The first-order valence-electron chi connectivity index (χ1n) is 7.47. The van der Waals surface area contributed by atoms with E-state index in [-0.39, 0.29) is 0 Å². The summed E-state index contributed by atoms with van der Waals surface area (Å²) in [4.78, 5) is 2.64. The summed E-state index contributed by atoms with van der Waals surface area (Å²) in [5, 5.41) is 3.70. The fraction of sp³-hybridized carbons (Fsp3) is 0.625. The lowest BCUT2D eigenvalue weighted by atomic mass is 9.87. The van der Waals surface area contributed by atoms with E-state index in [4.69, 9.17) is 0 Å². The molecule has 1 saturated heterocycles. The number of hydrogen-bond donors (Lipinski definition) is 1. The molecule has 2 aliphatic rings. The van der Waals surface area contributed by atoms with Crippen LogP contribution >= 0.6 is 0 Å². The molecule has 2 unspecified atom stereocenters. The first kappa shape index (κ1) is 12.0. The molecule has 1 N–H and O–H groups in total. The van der Waals surface area contributed by atoms with Gasteiger partial charge in [-0.2, -0.15) is 0 Å². The Morgan fingerprint density at radius 3 is 2.72 bits per heavy atom. The average Bonchev–Trinajstić information content (AvgIpc) is 2.47. The quantitative estimate of drug-likeness (QED) is 0.860. The van der Waals surface area contributed by atoms with E-state index in [1.54, 1.807) is 0 Å². The second-order valence-electron chi connectivity index (χ2n) is 5.63. The van der Waals surface area contributed by atoms with Crippen molar-refractivity contribution >= 4 is 5.69 Å². The molecule has 1 saturated carbocycles. The van der Waals surface area contributed by atoms with Crippen molar-refractivity contribution in [2.45, 2.75) is 51.1 Å². The molecule has 1 aromatic rings. The van der Waals surface area contributed by atoms with Crippen molar-refractivity contribution in [1.82, 2.24) is 5.32 Å². The maximum atomic E-state index is 3.70. The molecule has 2 nitrogen and oxygen atoms in total. The van der Waals surface area contributed by atoms with Gasteiger partial charge in [-0.15, -0.1) is 0 Å². The van der Waals surface area contributed by atoms with Gasteiger partial charge < -0.3 is 10.2 Å². The Morgan fingerprint density at radius 2 is 1.94 bits per heavy atom. The lowest BCUT2D eigenvalue weighted by Crippen LogP contribution is -2.59. The standard InChI is InChI=1S/C16H24N2/c1-2-13-7-9-14(10-8-13)18-12-11-17-15-5-3-4-6-16(15)18/h7-10,15-17H,2-6,11-12H2,1H3. The van der Waals surface area contributed by atoms with Crippen LogP contribution in [0.5, 0.6) is 0 Å². The van der Waals surface area contributed by atoms with Crippen LogP contribution in [0.15, 0.2) is 24.3 Å². The van der Waals surface area contributed by atoms with Gasteiger partial charge in [0.05, 0.1) is 0 Å². The van der Waals surface area contributed by atoms with E-state index >= 15 is 0 Å². The number of aryl methyl sites for hydroxylation is 1. The predicted octanol–water partition coefficient (Wildman–Crippen LogP) is 2.97. The fourth-order valence-corrected chi connectivity index (χ4v) is 3.50. The average molecular weight is 244 g/mol. The highest BCUT2D eigenvalue weighted by Crippen LogP contribution is 2.29. The topological polar surface area (TPSA) is 15.3 Å². The molecule has 2 heteroatoms. The normalized spacial score (nSPS) is 27.9. The molecule has 3 rings (SSSR count). The van der Waals surface area contributed by atoms with Gasteiger partial charge in [-0.1, -0.05) is 31.9 Å². The van der Waals surface area contributed by atoms with E-state index in [1.807, 2.05) is 0 Å². The van der Waals surface area contributed by atoms with Crippen LogP contribution in [-0.4, -0.2) is 25.2 Å². The second kappa shape index (κ2) is 5.31. The van der Waals surface area contributed by atoms with E-state index in [2.05, 4.69) is 41.4 Å². The van der Waals surface area contributed by atoms with Gasteiger partial charge >= 0.3 is 0 Å². The minimum absolute atomic E-state index is 0.721. The molecule has 0 amide bonds. The van der Waals surface area contributed by atoms with Gasteiger partial charge in [0.25, 0.3) is 0 Å². The summed E-state index contributed by atoms with van der Waals surface area (Å²) in [6, 6.07) is 10.6. The highest BCUT2D eigenvalue weighted by atomic mass is 15.2. The largest absolute Gasteiger partial charge is 0.366 e. The number of nitrogens with zero attached hydrogens (tertiary/aromatic N) is 1. The first-order valence-corrected chi connectivity index (χ1v) is 7.47. The van der Waals surface area contributed by atoms with Crippen LogP contribution in [-0.2, 0) is 6.42 Å². The van der Waals surface area contributed by atoms with Crippen molar-refractivity contribution in [3.63, 3.8) is 0 Å². The summed E-state index contributed by atoms with van der Waals surface area (Å²) in [6.45, 7) is 4.51. The van der Waals surface area contributed by atoms with Gasteiger partial charge in [0, 0.05) is 30.9 Å². The molecule has 0 bridgehead atoms. The van der Waals surface area contributed by atoms with Gasteiger partial charge in [-0.25, -0.2) is 0 Å². The smallest absolute Gasteiger partial charge is 0.0443 e.